The van der Waals surface area contributed by atoms with E-state index in [0.29, 0.717) is 40.8 Å². The Morgan fingerprint density at radius 1 is 0.873 bits per heavy atom. The zero-order valence-electron chi connectivity index (χ0n) is 32.4. The zero-order valence-corrected chi connectivity index (χ0v) is 33.1. The highest BCUT2D eigenvalue weighted by atomic mass is 35.5. The van der Waals surface area contributed by atoms with Crippen molar-refractivity contribution in [2.45, 2.75) is 88.0 Å². The van der Waals surface area contributed by atoms with Crippen molar-refractivity contribution in [3.63, 3.8) is 0 Å². The largest absolute Gasteiger partial charge is 0.508 e. The number of anilines is 1. The van der Waals surface area contributed by atoms with Gasteiger partial charge in [0.2, 0.25) is 0 Å². The van der Waals surface area contributed by atoms with Gasteiger partial charge < -0.3 is 25.0 Å². The van der Waals surface area contributed by atoms with Gasteiger partial charge in [-0.25, -0.2) is 0 Å². The summed E-state index contributed by atoms with van der Waals surface area (Å²) in [5, 5.41) is 14.0. The molecule has 3 fully saturated rings. The van der Waals surface area contributed by atoms with Crippen molar-refractivity contribution in [2.75, 3.05) is 51.3 Å². The molecule has 288 valence electrons. The molecule has 4 aromatic carbocycles. The highest BCUT2D eigenvalue weighted by Gasteiger charge is 2.46. The van der Waals surface area contributed by atoms with Crippen molar-refractivity contribution in [1.82, 2.24) is 10.2 Å². The topological polar surface area (TPSA) is 65.0 Å². The summed E-state index contributed by atoms with van der Waals surface area (Å²) in [6.07, 6.45) is 13.1. The van der Waals surface area contributed by atoms with Gasteiger partial charge in [0, 0.05) is 59.9 Å². The number of hydrogen-bond donors (Lipinski definition) is 2. The molecule has 0 aromatic heterocycles. The van der Waals surface area contributed by atoms with E-state index in [9.17, 15) is 9.90 Å². The molecule has 55 heavy (non-hydrogen) atoms. The van der Waals surface area contributed by atoms with Crippen molar-refractivity contribution < 1.29 is 14.6 Å². The standard InChI is InChI=1S/C48H56ClN3O3/c1-50-29-41-42(31-53)44(49)28-43-46(41)55-32-48(43)21-23-51(24-22-48)30-33-15-17-47(18-16-33)19-25-52(26-20-47)37-10-7-35(8-11-37)45-39(34-5-3-2-4-6-34)13-9-36-27-38(54)12-14-40(36)45/h2-8,10-12,14,27-28,31,33,39,45,50,54H,9,13,15-26,29-30,32H2,1H3. The van der Waals surface area contributed by atoms with Crippen molar-refractivity contribution in [3.05, 3.63) is 123 Å². The molecule has 5 aliphatic rings. The molecular formula is C48H56ClN3O3. The second kappa shape index (κ2) is 15.2. The third-order valence-corrected chi connectivity index (χ3v) is 15.0. The molecule has 2 N–H and O–H groups in total. The molecule has 2 atom stereocenters. The van der Waals surface area contributed by atoms with Crippen LogP contribution in [0.2, 0.25) is 5.02 Å². The zero-order chi connectivity index (χ0) is 37.6. The fourth-order valence-corrected chi connectivity index (χ4v) is 11.6. The number of phenols is 1. The number of aldehydes is 1. The van der Waals surface area contributed by atoms with Crippen LogP contribution in [0.3, 0.4) is 0 Å². The first kappa shape index (κ1) is 36.8. The number of rotatable bonds is 8. The van der Waals surface area contributed by atoms with Crippen LogP contribution < -0.4 is 15.0 Å². The summed E-state index contributed by atoms with van der Waals surface area (Å²) >= 11 is 6.65. The number of aromatic hydroxyl groups is 1. The van der Waals surface area contributed by atoms with Gasteiger partial charge >= 0.3 is 0 Å². The SMILES string of the molecule is CNCc1c(C=O)c(Cl)cc2c1OCC21CCN(CC2CCC3(CC2)CCN(c2ccc(C4c5ccc(O)cc5CCC4c4ccccc4)cc2)CC3)CC1. The van der Waals surface area contributed by atoms with E-state index < -0.39 is 0 Å². The molecule has 0 amide bonds. The minimum absolute atomic E-state index is 0.00104. The number of piperidine rings is 2. The van der Waals surface area contributed by atoms with Gasteiger partial charge in [0.05, 0.1) is 11.6 Å². The highest BCUT2D eigenvalue weighted by Crippen LogP contribution is 2.51. The Labute approximate surface area is 332 Å². The maximum Gasteiger partial charge on any atom is 0.152 e. The average molecular weight is 758 g/mol. The Morgan fingerprint density at radius 2 is 1.62 bits per heavy atom. The van der Waals surface area contributed by atoms with Crippen LogP contribution in [0.1, 0.15) is 113 Å². The Bertz CT molecular complexity index is 1990. The number of nitrogens with one attached hydrogen (secondary N) is 1. The van der Waals surface area contributed by atoms with Crippen LogP contribution in [-0.4, -0.2) is 62.7 Å². The van der Waals surface area contributed by atoms with Gasteiger partial charge in [0.1, 0.15) is 11.5 Å². The minimum Gasteiger partial charge on any atom is -0.508 e. The Balaban J connectivity index is 0.790. The summed E-state index contributed by atoms with van der Waals surface area (Å²) in [7, 11) is 1.90. The molecule has 3 heterocycles. The summed E-state index contributed by atoms with van der Waals surface area (Å²) in [6.45, 7) is 6.96. The van der Waals surface area contributed by atoms with E-state index in [1.807, 2.05) is 25.2 Å². The fourth-order valence-electron chi connectivity index (χ4n) is 11.4. The summed E-state index contributed by atoms with van der Waals surface area (Å²) < 4.78 is 6.34. The molecule has 6 nitrogen and oxygen atoms in total. The molecule has 7 heteroatoms. The highest BCUT2D eigenvalue weighted by molar-refractivity contribution is 6.33. The molecular weight excluding hydrogens is 702 g/mol. The van der Waals surface area contributed by atoms with Crippen molar-refractivity contribution in [3.8, 4) is 11.5 Å². The fraction of sp³-hybridized carbons (Fsp3) is 0.479. The van der Waals surface area contributed by atoms with Crippen LogP contribution in [0, 0.1) is 11.3 Å². The smallest absolute Gasteiger partial charge is 0.152 e. The lowest BCUT2D eigenvalue weighted by atomic mass is 9.65. The summed E-state index contributed by atoms with van der Waals surface area (Å²) in [6, 6.07) is 28.5. The Kier molecular flexibility index (Phi) is 10.2. The molecule has 1 saturated carbocycles. The number of carbonyl (C=O) groups is 1. The third kappa shape index (κ3) is 6.97. The third-order valence-electron chi connectivity index (χ3n) is 14.7. The number of benzene rings is 4. The predicted octanol–water partition coefficient (Wildman–Crippen LogP) is 9.64. The molecule has 2 unspecified atom stereocenters. The first-order valence-electron chi connectivity index (χ1n) is 20.9. The molecule has 2 aliphatic carbocycles. The number of likely N-dealkylation sites (tertiary alicyclic amines) is 1. The molecule has 4 aromatic rings. The second-order valence-corrected chi connectivity index (χ2v) is 18.0. The second-order valence-electron chi connectivity index (χ2n) is 17.6. The maximum atomic E-state index is 11.8. The molecule has 2 saturated heterocycles. The van der Waals surface area contributed by atoms with Crippen LogP contribution in [0.5, 0.6) is 11.5 Å². The quantitative estimate of drug-likeness (QED) is 0.175. The van der Waals surface area contributed by atoms with Crippen LogP contribution in [-0.2, 0) is 18.4 Å². The normalized spacial score (nSPS) is 23.3. The van der Waals surface area contributed by atoms with Gasteiger partial charge in [0.25, 0.3) is 0 Å². The number of carbonyl (C=O) groups excluding carboxylic acids is 1. The van der Waals surface area contributed by atoms with Gasteiger partial charge in [0.15, 0.2) is 6.29 Å². The molecule has 0 radical (unpaired) electrons. The van der Waals surface area contributed by atoms with E-state index >= 15 is 0 Å². The van der Waals surface area contributed by atoms with Crippen molar-refractivity contribution in [2.24, 2.45) is 11.3 Å². The van der Waals surface area contributed by atoms with Gasteiger partial charge in [-0.1, -0.05) is 60.1 Å². The van der Waals surface area contributed by atoms with Crippen LogP contribution >= 0.6 is 11.6 Å². The van der Waals surface area contributed by atoms with E-state index in [2.05, 4.69) is 75.8 Å². The van der Waals surface area contributed by atoms with E-state index in [0.717, 1.165) is 75.4 Å². The first-order chi connectivity index (χ1) is 26.9. The van der Waals surface area contributed by atoms with Gasteiger partial charge in [-0.05, 0) is 154 Å². The van der Waals surface area contributed by atoms with E-state index in [1.54, 1.807) is 0 Å². The van der Waals surface area contributed by atoms with E-state index in [4.69, 9.17) is 16.3 Å². The van der Waals surface area contributed by atoms with Crippen LogP contribution in [0.15, 0.2) is 78.9 Å². The van der Waals surface area contributed by atoms with Gasteiger partial charge in [-0.3, -0.25) is 4.79 Å². The summed E-state index contributed by atoms with van der Waals surface area (Å²) in [5.41, 5.74) is 9.96. The molecule has 2 spiro atoms. The summed E-state index contributed by atoms with van der Waals surface area (Å²) in [5.74, 6) is 2.76. The molecule has 3 aliphatic heterocycles. The van der Waals surface area contributed by atoms with Crippen molar-refractivity contribution in [1.29, 1.82) is 0 Å². The monoisotopic (exact) mass is 757 g/mol. The predicted molar refractivity (Wildman–Crippen MR) is 222 cm³/mol. The number of aryl methyl sites for hydroxylation is 1. The van der Waals surface area contributed by atoms with E-state index in [1.165, 1.54) is 78.6 Å². The van der Waals surface area contributed by atoms with Crippen LogP contribution in [0.4, 0.5) is 5.69 Å². The van der Waals surface area contributed by atoms with Crippen molar-refractivity contribution >= 4 is 23.6 Å². The van der Waals surface area contributed by atoms with Crippen LogP contribution in [0.25, 0.3) is 0 Å². The lowest BCUT2D eigenvalue weighted by molar-refractivity contribution is 0.0746. The van der Waals surface area contributed by atoms with Gasteiger partial charge in [-0.2, -0.15) is 0 Å². The average Bonchev–Trinajstić information content (AvgIpc) is 3.56. The number of ether oxygens (including phenoxy) is 1. The maximum absolute atomic E-state index is 11.8. The lowest BCUT2D eigenvalue weighted by Crippen LogP contribution is -2.46. The number of phenolic OH excluding ortho intramolecular Hbond substituents is 1. The Morgan fingerprint density at radius 3 is 2.33 bits per heavy atom. The Hall–Kier alpha value is -3.84. The number of halogens is 1. The lowest BCUT2D eigenvalue weighted by Gasteiger charge is -2.47. The number of hydrogen-bond acceptors (Lipinski definition) is 6. The summed E-state index contributed by atoms with van der Waals surface area (Å²) in [4.78, 5) is 17.2. The number of fused-ring (bicyclic) bond motifs is 3. The molecule has 0 bridgehead atoms. The minimum atomic E-state index is 0.00104. The van der Waals surface area contributed by atoms with Gasteiger partial charge in [-0.15, -0.1) is 0 Å². The van der Waals surface area contributed by atoms with E-state index in [-0.39, 0.29) is 11.3 Å². The number of nitrogens with zero attached hydrogens (tertiary/aromatic N) is 2. The molecule has 9 rings (SSSR count). The first-order valence-corrected chi connectivity index (χ1v) is 21.3.